The fourth-order valence-electron chi connectivity index (χ4n) is 2.86. The molecule has 1 saturated heterocycles. The van der Waals surface area contributed by atoms with E-state index in [2.05, 4.69) is 4.74 Å². The van der Waals surface area contributed by atoms with Gasteiger partial charge in [-0.25, -0.2) is 4.79 Å². The Morgan fingerprint density at radius 2 is 1.72 bits per heavy atom. The van der Waals surface area contributed by atoms with Gasteiger partial charge in [-0.2, -0.15) is 5.06 Å². The molecule has 0 aromatic rings. The van der Waals surface area contributed by atoms with E-state index in [-0.39, 0.29) is 17.2 Å². The molecule has 0 amide bonds. The molecule has 106 valence electrons. The summed E-state index contributed by atoms with van der Waals surface area (Å²) in [6, 6.07) is 0. The minimum absolute atomic E-state index is 0.330. The van der Waals surface area contributed by atoms with Crippen molar-refractivity contribution >= 4 is 5.97 Å². The fraction of sp³-hybridized carbons (Fsp3) is 0.923. The highest BCUT2D eigenvalue weighted by Crippen LogP contribution is 2.39. The predicted molar refractivity (Wildman–Crippen MR) is 67.8 cm³/mol. The number of nitrogens with zero attached hydrogens (tertiary/aromatic N) is 1. The van der Waals surface area contributed by atoms with Gasteiger partial charge in [-0.15, -0.1) is 0 Å². The minimum Gasteiger partial charge on any atom is -0.467 e. The largest absolute Gasteiger partial charge is 0.467 e. The number of rotatable bonds is 3. The Morgan fingerprint density at radius 1 is 1.28 bits per heavy atom. The number of ether oxygens (including phenoxy) is 1. The first kappa shape index (κ1) is 15.4. The molecule has 5 nitrogen and oxygen atoms in total. The first-order valence-corrected chi connectivity index (χ1v) is 6.33. The zero-order chi connectivity index (χ0) is 14.1. The van der Waals surface area contributed by atoms with Gasteiger partial charge in [0, 0.05) is 11.1 Å². The molecule has 0 spiro atoms. The summed E-state index contributed by atoms with van der Waals surface area (Å²) >= 11 is 0. The van der Waals surface area contributed by atoms with E-state index in [1.807, 2.05) is 32.8 Å². The fourth-order valence-corrected chi connectivity index (χ4v) is 2.86. The smallest absolute Gasteiger partial charge is 0.336 e. The third kappa shape index (κ3) is 3.22. The highest BCUT2D eigenvalue weighted by Gasteiger charge is 2.47. The lowest BCUT2D eigenvalue weighted by molar-refractivity contribution is -0.308. The standard InChI is InChI=1S/C13H25NO4/c1-9(11(16)17-6)18-14-12(2,3)7-10(15)8-13(14,4)5/h9-10,15H,7-8H2,1-6H3. The molecule has 1 fully saturated rings. The molecule has 18 heavy (non-hydrogen) atoms. The summed E-state index contributed by atoms with van der Waals surface area (Å²) in [5.74, 6) is -0.396. The molecular weight excluding hydrogens is 234 g/mol. The Labute approximate surface area is 109 Å². The molecule has 1 aliphatic heterocycles. The quantitative estimate of drug-likeness (QED) is 0.778. The van der Waals surface area contributed by atoms with Crippen molar-refractivity contribution < 1.29 is 19.5 Å². The summed E-state index contributed by atoms with van der Waals surface area (Å²) in [4.78, 5) is 17.2. The van der Waals surface area contributed by atoms with E-state index in [1.165, 1.54) is 7.11 Å². The van der Waals surface area contributed by atoms with Crippen LogP contribution in [0.1, 0.15) is 47.5 Å². The zero-order valence-corrected chi connectivity index (χ0v) is 12.2. The average molecular weight is 259 g/mol. The topological polar surface area (TPSA) is 59.0 Å². The Bertz CT molecular complexity index is 296. The average Bonchev–Trinajstić information content (AvgIpc) is 2.20. The van der Waals surface area contributed by atoms with Gasteiger partial charge in [0.1, 0.15) is 0 Å². The lowest BCUT2D eigenvalue weighted by atomic mass is 9.80. The molecule has 1 N–H and O–H groups in total. The van der Waals surface area contributed by atoms with Crippen LogP contribution in [0.25, 0.3) is 0 Å². The molecule has 1 atom stereocenters. The molecule has 0 radical (unpaired) electrons. The monoisotopic (exact) mass is 259 g/mol. The number of aliphatic hydroxyl groups is 1. The molecule has 0 aliphatic carbocycles. The van der Waals surface area contributed by atoms with Crippen molar-refractivity contribution in [2.45, 2.75) is 70.7 Å². The summed E-state index contributed by atoms with van der Waals surface area (Å²) < 4.78 is 4.67. The van der Waals surface area contributed by atoms with Gasteiger partial charge in [0.05, 0.1) is 13.2 Å². The Morgan fingerprint density at radius 3 is 2.11 bits per heavy atom. The Hall–Kier alpha value is -0.650. The van der Waals surface area contributed by atoms with Crippen molar-refractivity contribution in [2.24, 2.45) is 0 Å². The number of piperidine rings is 1. The van der Waals surface area contributed by atoms with Crippen molar-refractivity contribution in [1.29, 1.82) is 0 Å². The van der Waals surface area contributed by atoms with Gasteiger partial charge in [0.15, 0.2) is 6.10 Å². The van der Waals surface area contributed by atoms with Crippen LogP contribution in [0, 0.1) is 0 Å². The van der Waals surface area contributed by atoms with Gasteiger partial charge in [0.2, 0.25) is 0 Å². The molecular formula is C13H25NO4. The first-order valence-electron chi connectivity index (χ1n) is 6.33. The van der Waals surface area contributed by atoms with E-state index in [1.54, 1.807) is 6.92 Å². The van der Waals surface area contributed by atoms with E-state index < -0.39 is 12.1 Å². The lowest BCUT2D eigenvalue weighted by Crippen LogP contribution is -2.62. The first-order chi connectivity index (χ1) is 8.10. The van der Waals surface area contributed by atoms with E-state index in [4.69, 9.17) is 4.84 Å². The van der Waals surface area contributed by atoms with Crippen LogP contribution >= 0.6 is 0 Å². The lowest BCUT2D eigenvalue weighted by Gasteiger charge is -2.53. The van der Waals surface area contributed by atoms with Crippen molar-refractivity contribution in [3.8, 4) is 0 Å². The second kappa shape index (κ2) is 5.15. The van der Waals surface area contributed by atoms with Crippen molar-refractivity contribution in [3.63, 3.8) is 0 Å². The van der Waals surface area contributed by atoms with Gasteiger partial charge in [-0.3, -0.25) is 4.84 Å². The number of hydrogen-bond donors (Lipinski definition) is 1. The van der Waals surface area contributed by atoms with Gasteiger partial charge < -0.3 is 9.84 Å². The molecule has 1 aliphatic rings. The maximum Gasteiger partial charge on any atom is 0.336 e. The van der Waals surface area contributed by atoms with Gasteiger partial charge in [-0.05, 0) is 47.5 Å². The second-order valence-corrected chi connectivity index (χ2v) is 6.25. The molecule has 0 saturated carbocycles. The Kier molecular flexibility index (Phi) is 4.41. The maximum absolute atomic E-state index is 11.4. The third-order valence-electron chi connectivity index (χ3n) is 3.37. The molecule has 1 rings (SSSR count). The Balaban J connectivity index is 2.86. The minimum atomic E-state index is -0.649. The predicted octanol–water partition coefficient (Wildman–Crippen LogP) is 1.49. The van der Waals surface area contributed by atoms with Crippen LogP contribution in [0.4, 0.5) is 0 Å². The number of aliphatic hydroxyl groups excluding tert-OH is 1. The van der Waals surface area contributed by atoms with Crippen LogP contribution in [-0.4, -0.2) is 46.5 Å². The number of carbonyl (C=O) groups is 1. The number of methoxy groups -OCH3 is 1. The van der Waals surface area contributed by atoms with E-state index in [9.17, 15) is 9.90 Å². The van der Waals surface area contributed by atoms with Crippen LogP contribution in [0.2, 0.25) is 0 Å². The van der Waals surface area contributed by atoms with Crippen LogP contribution in [0.5, 0.6) is 0 Å². The van der Waals surface area contributed by atoms with Crippen LogP contribution < -0.4 is 0 Å². The van der Waals surface area contributed by atoms with Crippen LogP contribution in [-0.2, 0) is 14.4 Å². The van der Waals surface area contributed by atoms with Crippen molar-refractivity contribution in [1.82, 2.24) is 5.06 Å². The summed E-state index contributed by atoms with van der Waals surface area (Å²) in [5.41, 5.74) is -0.660. The van der Waals surface area contributed by atoms with Gasteiger partial charge in [-0.1, -0.05) is 0 Å². The van der Waals surface area contributed by atoms with E-state index in [0.717, 1.165) is 0 Å². The molecule has 1 unspecified atom stereocenters. The van der Waals surface area contributed by atoms with Crippen LogP contribution in [0.3, 0.4) is 0 Å². The zero-order valence-electron chi connectivity index (χ0n) is 12.2. The van der Waals surface area contributed by atoms with Gasteiger partial charge >= 0.3 is 5.97 Å². The molecule has 0 aromatic carbocycles. The summed E-state index contributed by atoms with van der Waals surface area (Å²) in [6.07, 6.45) is 0.237. The van der Waals surface area contributed by atoms with Crippen LogP contribution in [0.15, 0.2) is 0 Å². The van der Waals surface area contributed by atoms with E-state index in [0.29, 0.717) is 12.8 Å². The normalized spacial score (nSPS) is 25.7. The summed E-state index contributed by atoms with van der Waals surface area (Å²) in [5, 5.41) is 11.7. The molecule has 1 heterocycles. The third-order valence-corrected chi connectivity index (χ3v) is 3.37. The second-order valence-electron chi connectivity index (χ2n) is 6.25. The number of hydrogen-bond acceptors (Lipinski definition) is 5. The van der Waals surface area contributed by atoms with Crippen molar-refractivity contribution in [3.05, 3.63) is 0 Å². The number of esters is 1. The van der Waals surface area contributed by atoms with E-state index >= 15 is 0 Å². The maximum atomic E-state index is 11.4. The van der Waals surface area contributed by atoms with Crippen molar-refractivity contribution in [2.75, 3.05) is 7.11 Å². The highest BCUT2D eigenvalue weighted by atomic mass is 16.7. The highest BCUT2D eigenvalue weighted by molar-refractivity contribution is 5.73. The molecule has 0 bridgehead atoms. The summed E-state index contributed by atoms with van der Waals surface area (Å²) in [7, 11) is 1.35. The molecule has 5 heteroatoms. The summed E-state index contributed by atoms with van der Waals surface area (Å²) in [6.45, 7) is 9.67. The number of carbonyl (C=O) groups excluding carboxylic acids is 1. The SMILES string of the molecule is COC(=O)C(C)ON1C(C)(C)CC(O)CC1(C)C. The molecule has 0 aromatic heterocycles. The number of hydroxylamine groups is 2. The van der Waals surface area contributed by atoms with Gasteiger partial charge in [0.25, 0.3) is 0 Å².